The third kappa shape index (κ3) is 2.46. The van der Waals surface area contributed by atoms with Crippen molar-refractivity contribution in [2.24, 2.45) is 0 Å². The molecule has 2 aliphatic carbocycles. The van der Waals surface area contributed by atoms with Crippen LogP contribution in [0.2, 0.25) is 0 Å². The lowest BCUT2D eigenvalue weighted by molar-refractivity contribution is 0.0697. The zero-order valence-electron chi connectivity index (χ0n) is 11.9. The number of rotatable bonds is 4. The fourth-order valence-corrected chi connectivity index (χ4v) is 3.01. The van der Waals surface area contributed by atoms with Crippen LogP contribution in [0.1, 0.15) is 59.0 Å². The van der Waals surface area contributed by atoms with Gasteiger partial charge in [-0.15, -0.1) is 0 Å². The summed E-state index contributed by atoms with van der Waals surface area (Å²) in [6, 6.07) is 14.3. The van der Waals surface area contributed by atoms with E-state index in [1.807, 2.05) is 12.1 Å². The lowest BCUT2D eigenvalue weighted by Gasteiger charge is -2.10. The summed E-state index contributed by atoms with van der Waals surface area (Å²) in [7, 11) is 0. The Balaban J connectivity index is 1.73. The van der Waals surface area contributed by atoms with Gasteiger partial charge in [0.2, 0.25) is 0 Å². The summed E-state index contributed by atoms with van der Waals surface area (Å²) in [6.07, 6.45) is 4.95. The maximum absolute atomic E-state index is 11.6. The Hall–Kier alpha value is -2.09. The van der Waals surface area contributed by atoms with Gasteiger partial charge in [-0.3, -0.25) is 0 Å². The van der Waals surface area contributed by atoms with E-state index in [4.69, 9.17) is 0 Å². The summed E-state index contributed by atoms with van der Waals surface area (Å²) in [5.41, 5.74) is 4.81. The average molecular weight is 278 g/mol. The molecule has 2 heteroatoms. The van der Waals surface area contributed by atoms with Crippen LogP contribution in [0.5, 0.6) is 0 Å². The number of aromatic carboxylic acids is 1. The van der Waals surface area contributed by atoms with Gasteiger partial charge in [-0.1, -0.05) is 36.4 Å². The van der Waals surface area contributed by atoms with E-state index in [0.29, 0.717) is 11.5 Å². The quantitative estimate of drug-likeness (QED) is 0.871. The Bertz CT molecular complexity index is 692. The van der Waals surface area contributed by atoms with Crippen LogP contribution in [0.25, 0.3) is 11.1 Å². The summed E-state index contributed by atoms with van der Waals surface area (Å²) in [6.45, 7) is 0. The largest absolute Gasteiger partial charge is 0.478 e. The minimum atomic E-state index is -0.834. The molecule has 0 saturated heterocycles. The normalized spacial score (nSPS) is 17.7. The molecule has 2 nitrogen and oxygen atoms in total. The van der Waals surface area contributed by atoms with Gasteiger partial charge in [0.1, 0.15) is 0 Å². The molecule has 1 N–H and O–H groups in total. The smallest absolute Gasteiger partial charge is 0.336 e. The minimum Gasteiger partial charge on any atom is -0.478 e. The molecule has 0 amide bonds. The number of hydrogen-bond donors (Lipinski definition) is 1. The monoisotopic (exact) mass is 278 g/mol. The molecule has 4 rings (SSSR count). The minimum absolute atomic E-state index is 0.429. The molecule has 106 valence electrons. The van der Waals surface area contributed by atoms with Gasteiger partial charge in [0.25, 0.3) is 0 Å². The summed E-state index contributed by atoms with van der Waals surface area (Å²) in [4.78, 5) is 11.6. The van der Waals surface area contributed by atoms with Gasteiger partial charge in [0, 0.05) is 0 Å². The van der Waals surface area contributed by atoms with E-state index >= 15 is 0 Å². The molecule has 0 aromatic heterocycles. The molecule has 2 aromatic carbocycles. The Kier molecular flexibility index (Phi) is 2.85. The van der Waals surface area contributed by atoms with E-state index in [1.165, 1.54) is 36.8 Å². The predicted molar refractivity (Wildman–Crippen MR) is 82.8 cm³/mol. The van der Waals surface area contributed by atoms with Gasteiger partial charge < -0.3 is 5.11 Å². The van der Waals surface area contributed by atoms with Crippen LogP contribution in [0.4, 0.5) is 0 Å². The molecular weight excluding hydrogens is 260 g/mol. The first-order valence-corrected chi connectivity index (χ1v) is 7.70. The van der Waals surface area contributed by atoms with Crippen LogP contribution in [0.15, 0.2) is 42.5 Å². The standard InChI is InChI=1S/C19H18O2/c20-19(21)18-11-16(14-3-4-14)9-10-17(18)15-7-5-13(6-8-15)12-1-2-12/h5-12,14H,1-4H2,(H,20,21). The van der Waals surface area contributed by atoms with Crippen molar-refractivity contribution in [3.63, 3.8) is 0 Å². The molecule has 0 aliphatic heterocycles. The third-order valence-corrected chi connectivity index (χ3v) is 4.59. The molecule has 2 saturated carbocycles. The van der Waals surface area contributed by atoms with Crippen molar-refractivity contribution in [3.8, 4) is 11.1 Å². The highest BCUT2D eigenvalue weighted by Gasteiger charge is 2.26. The van der Waals surface area contributed by atoms with Crippen molar-refractivity contribution >= 4 is 5.97 Å². The zero-order valence-corrected chi connectivity index (χ0v) is 11.9. The number of hydrogen-bond acceptors (Lipinski definition) is 1. The second-order valence-electron chi connectivity index (χ2n) is 6.28. The topological polar surface area (TPSA) is 37.3 Å². The highest BCUT2D eigenvalue weighted by molar-refractivity contribution is 5.96. The van der Waals surface area contributed by atoms with Gasteiger partial charge in [0.05, 0.1) is 5.56 Å². The SMILES string of the molecule is O=C(O)c1cc(C2CC2)ccc1-c1ccc(C2CC2)cc1. The molecule has 0 unspecified atom stereocenters. The van der Waals surface area contributed by atoms with E-state index in [2.05, 4.69) is 30.3 Å². The number of carboxylic acid groups (broad SMARTS) is 1. The molecule has 21 heavy (non-hydrogen) atoms. The van der Waals surface area contributed by atoms with Crippen molar-refractivity contribution in [1.82, 2.24) is 0 Å². The fraction of sp³-hybridized carbons (Fsp3) is 0.316. The maximum atomic E-state index is 11.6. The first-order chi connectivity index (χ1) is 10.2. The third-order valence-electron chi connectivity index (χ3n) is 4.59. The molecular formula is C19H18O2. The van der Waals surface area contributed by atoms with Gasteiger partial charge >= 0.3 is 5.97 Å². The van der Waals surface area contributed by atoms with E-state index < -0.39 is 5.97 Å². The van der Waals surface area contributed by atoms with Gasteiger partial charge in [-0.25, -0.2) is 4.79 Å². The van der Waals surface area contributed by atoms with Crippen molar-refractivity contribution in [2.75, 3.05) is 0 Å². The average Bonchev–Trinajstić information content (AvgIpc) is 3.40. The van der Waals surface area contributed by atoms with Gasteiger partial charge in [-0.05, 0) is 65.8 Å². The number of carboxylic acids is 1. The molecule has 2 fully saturated rings. The van der Waals surface area contributed by atoms with E-state index in [0.717, 1.165) is 17.0 Å². The highest BCUT2D eigenvalue weighted by atomic mass is 16.4. The van der Waals surface area contributed by atoms with Crippen LogP contribution in [-0.2, 0) is 0 Å². The predicted octanol–water partition coefficient (Wildman–Crippen LogP) is 4.81. The maximum Gasteiger partial charge on any atom is 0.336 e. The first-order valence-electron chi connectivity index (χ1n) is 7.70. The lowest BCUT2D eigenvalue weighted by Crippen LogP contribution is -2.01. The van der Waals surface area contributed by atoms with E-state index in [9.17, 15) is 9.90 Å². The fourth-order valence-electron chi connectivity index (χ4n) is 3.01. The Labute approximate surface area is 124 Å². The van der Waals surface area contributed by atoms with Crippen LogP contribution in [0, 0.1) is 0 Å². The highest BCUT2D eigenvalue weighted by Crippen LogP contribution is 2.42. The molecule has 0 heterocycles. The Morgan fingerprint density at radius 1 is 0.857 bits per heavy atom. The van der Waals surface area contributed by atoms with Crippen LogP contribution in [-0.4, -0.2) is 11.1 Å². The summed E-state index contributed by atoms with van der Waals surface area (Å²) < 4.78 is 0. The molecule has 0 spiro atoms. The van der Waals surface area contributed by atoms with Crippen LogP contribution >= 0.6 is 0 Å². The van der Waals surface area contributed by atoms with Gasteiger partial charge in [-0.2, -0.15) is 0 Å². The molecule has 2 aliphatic rings. The van der Waals surface area contributed by atoms with E-state index in [1.54, 1.807) is 0 Å². The van der Waals surface area contributed by atoms with Crippen molar-refractivity contribution in [1.29, 1.82) is 0 Å². The first kappa shape index (κ1) is 12.6. The molecule has 0 radical (unpaired) electrons. The lowest BCUT2D eigenvalue weighted by atomic mass is 9.95. The summed E-state index contributed by atoms with van der Waals surface area (Å²) in [5, 5.41) is 9.51. The Morgan fingerprint density at radius 2 is 1.43 bits per heavy atom. The van der Waals surface area contributed by atoms with Crippen molar-refractivity contribution in [2.45, 2.75) is 37.5 Å². The van der Waals surface area contributed by atoms with Crippen LogP contribution in [0.3, 0.4) is 0 Å². The molecule has 2 aromatic rings. The van der Waals surface area contributed by atoms with Crippen molar-refractivity contribution < 1.29 is 9.90 Å². The second-order valence-corrected chi connectivity index (χ2v) is 6.28. The zero-order chi connectivity index (χ0) is 14.4. The van der Waals surface area contributed by atoms with Gasteiger partial charge in [0.15, 0.2) is 0 Å². The molecule has 0 bridgehead atoms. The van der Waals surface area contributed by atoms with Crippen LogP contribution < -0.4 is 0 Å². The number of carbonyl (C=O) groups is 1. The summed E-state index contributed by atoms with van der Waals surface area (Å²) in [5.74, 6) is 0.475. The van der Waals surface area contributed by atoms with Crippen molar-refractivity contribution in [3.05, 3.63) is 59.2 Å². The second kappa shape index (κ2) is 4.73. The Morgan fingerprint density at radius 3 is 2.00 bits per heavy atom. The number of benzene rings is 2. The van der Waals surface area contributed by atoms with E-state index in [-0.39, 0.29) is 0 Å². The molecule has 0 atom stereocenters. The summed E-state index contributed by atoms with van der Waals surface area (Å²) >= 11 is 0.